The van der Waals surface area contributed by atoms with Gasteiger partial charge in [0.05, 0.1) is 12.2 Å². The zero-order valence-corrected chi connectivity index (χ0v) is 12.3. The van der Waals surface area contributed by atoms with Crippen molar-refractivity contribution in [1.82, 2.24) is 15.0 Å². The molecule has 1 aromatic rings. The monoisotopic (exact) mass is 277 g/mol. The minimum absolute atomic E-state index is 0.217. The Balaban J connectivity index is 1.70. The maximum absolute atomic E-state index is 11.8. The molecular weight excluding hydrogens is 254 g/mol. The first-order chi connectivity index (χ1) is 9.65. The van der Waals surface area contributed by atoms with Crippen LogP contribution in [0.3, 0.4) is 0 Å². The Morgan fingerprint density at radius 3 is 2.80 bits per heavy atom. The summed E-state index contributed by atoms with van der Waals surface area (Å²) in [6, 6.07) is 2.87. The summed E-state index contributed by atoms with van der Waals surface area (Å²) in [5.41, 5.74) is 0.932. The molecule has 0 spiro atoms. The highest BCUT2D eigenvalue weighted by atomic mass is 16.5. The summed E-state index contributed by atoms with van der Waals surface area (Å²) in [7, 11) is 0. The molecule has 2 atom stereocenters. The van der Waals surface area contributed by atoms with E-state index in [2.05, 4.69) is 15.0 Å². The van der Waals surface area contributed by atoms with Gasteiger partial charge in [-0.1, -0.05) is 5.16 Å². The van der Waals surface area contributed by atoms with E-state index in [9.17, 15) is 4.79 Å². The van der Waals surface area contributed by atoms with E-state index in [1.807, 2.05) is 13.0 Å². The first-order valence-electron chi connectivity index (χ1n) is 7.58. The van der Waals surface area contributed by atoms with Crippen LogP contribution in [-0.2, 0) is 11.3 Å². The quantitative estimate of drug-likeness (QED) is 0.847. The van der Waals surface area contributed by atoms with Gasteiger partial charge in [-0.3, -0.25) is 9.69 Å². The van der Waals surface area contributed by atoms with Crippen molar-refractivity contribution in [2.45, 2.75) is 58.2 Å². The number of rotatable bonds is 3. The summed E-state index contributed by atoms with van der Waals surface area (Å²) in [6.07, 6.45) is 4.66. The van der Waals surface area contributed by atoms with Crippen LogP contribution in [0.4, 0.5) is 0 Å². The molecule has 3 rings (SSSR count). The van der Waals surface area contributed by atoms with Crippen LogP contribution >= 0.6 is 0 Å². The predicted octanol–water partition coefficient (Wildman–Crippen LogP) is 1.96. The Labute approximate surface area is 119 Å². The van der Waals surface area contributed by atoms with Gasteiger partial charge >= 0.3 is 0 Å². The molecule has 110 valence electrons. The Morgan fingerprint density at radius 2 is 2.10 bits per heavy atom. The predicted molar refractivity (Wildman–Crippen MR) is 75.1 cm³/mol. The van der Waals surface area contributed by atoms with Gasteiger partial charge in [0, 0.05) is 31.6 Å². The molecule has 0 radical (unpaired) electrons. The van der Waals surface area contributed by atoms with Crippen molar-refractivity contribution in [2.75, 3.05) is 13.1 Å². The van der Waals surface area contributed by atoms with E-state index >= 15 is 0 Å². The second-order valence-electron chi connectivity index (χ2n) is 6.04. The third kappa shape index (κ3) is 2.59. The van der Waals surface area contributed by atoms with Gasteiger partial charge in [0.25, 0.3) is 0 Å². The molecule has 0 aliphatic carbocycles. The third-order valence-corrected chi connectivity index (χ3v) is 4.60. The van der Waals surface area contributed by atoms with Gasteiger partial charge in [-0.25, -0.2) is 0 Å². The molecule has 0 bridgehead atoms. The minimum Gasteiger partial charge on any atom is -0.360 e. The van der Waals surface area contributed by atoms with Gasteiger partial charge in [0.15, 0.2) is 5.76 Å². The van der Waals surface area contributed by atoms with Crippen LogP contribution in [-0.4, -0.2) is 46.0 Å². The molecule has 5 nitrogen and oxygen atoms in total. The number of likely N-dealkylation sites (tertiary alicyclic amines) is 2. The van der Waals surface area contributed by atoms with Crippen LogP contribution in [0.15, 0.2) is 10.6 Å². The number of hydrogen-bond acceptors (Lipinski definition) is 4. The maximum Gasteiger partial charge on any atom is 0.219 e. The van der Waals surface area contributed by atoms with Crippen LogP contribution in [0, 0.1) is 6.92 Å². The largest absolute Gasteiger partial charge is 0.360 e. The normalized spacial score (nSPS) is 27.4. The van der Waals surface area contributed by atoms with Gasteiger partial charge < -0.3 is 9.42 Å². The first kappa shape index (κ1) is 13.6. The molecule has 1 amide bonds. The summed E-state index contributed by atoms with van der Waals surface area (Å²) >= 11 is 0. The molecule has 0 saturated carbocycles. The smallest absolute Gasteiger partial charge is 0.219 e. The minimum atomic E-state index is 0.217. The lowest BCUT2D eigenvalue weighted by Crippen LogP contribution is -2.47. The van der Waals surface area contributed by atoms with Crippen LogP contribution in [0.1, 0.15) is 44.1 Å². The Kier molecular flexibility index (Phi) is 3.78. The number of aromatic nitrogens is 1. The van der Waals surface area contributed by atoms with Gasteiger partial charge in [0.2, 0.25) is 5.91 Å². The van der Waals surface area contributed by atoms with E-state index in [-0.39, 0.29) is 5.91 Å². The molecule has 2 saturated heterocycles. The molecule has 5 heteroatoms. The average molecular weight is 277 g/mol. The number of carbonyl (C=O) groups excluding carboxylic acids is 1. The number of amides is 1. The van der Waals surface area contributed by atoms with Crippen LogP contribution in [0.5, 0.6) is 0 Å². The van der Waals surface area contributed by atoms with Gasteiger partial charge in [-0.15, -0.1) is 0 Å². The van der Waals surface area contributed by atoms with Crippen LogP contribution < -0.4 is 0 Å². The standard InChI is InChI=1S/C15H23N3O2/c1-11-9-13(20-16-11)10-17-7-3-5-14(17)15-6-4-8-18(15)12(2)19/h9,14-15H,3-8,10H2,1-2H3. The fourth-order valence-corrected chi connectivity index (χ4v) is 3.76. The molecule has 3 heterocycles. The van der Waals surface area contributed by atoms with Crippen LogP contribution in [0.2, 0.25) is 0 Å². The molecule has 2 fully saturated rings. The highest BCUT2D eigenvalue weighted by molar-refractivity contribution is 5.74. The van der Waals surface area contributed by atoms with Crippen molar-refractivity contribution in [2.24, 2.45) is 0 Å². The molecule has 1 aromatic heterocycles. The van der Waals surface area contributed by atoms with E-state index in [4.69, 9.17) is 4.52 Å². The van der Waals surface area contributed by atoms with Crippen LogP contribution in [0.25, 0.3) is 0 Å². The van der Waals surface area contributed by atoms with Gasteiger partial charge in [-0.05, 0) is 39.2 Å². The Bertz CT molecular complexity index is 485. The van der Waals surface area contributed by atoms with E-state index < -0.39 is 0 Å². The second-order valence-corrected chi connectivity index (χ2v) is 6.04. The molecule has 2 unspecified atom stereocenters. The Morgan fingerprint density at radius 1 is 1.35 bits per heavy atom. The zero-order valence-electron chi connectivity index (χ0n) is 12.3. The molecule has 0 aromatic carbocycles. The highest BCUT2D eigenvalue weighted by Gasteiger charge is 2.38. The van der Waals surface area contributed by atoms with E-state index in [0.29, 0.717) is 12.1 Å². The SMILES string of the molecule is CC(=O)N1CCCC1C1CCCN1Cc1cc(C)no1. The van der Waals surface area contributed by atoms with E-state index in [0.717, 1.165) is 43.9 Å². The summed E-state index contributed by atoms with van der Waals surface area (Å²) in [5, 5.41) is 3.96. The maximum atomic E-state index is 11.8. The topological polar surface area (TPSA) is 49.6 Å². The Hall–Kier alpha value is -1.36. The number of nitrogens with zero attached hydrogens (tertiary/aromatic N) is 3. The van der Waals surface area contributed by atoms with E-state index in [1.54, 1.807) is 6.92 Å². The van der Waals surface area contributed by atoms with Crippen molar-refractivity contribution >= 4 is 5.91 Å². The fourth-order valence-electron chi connectivity index (χ4n) is 3.76. The number of hydrogen-bond donors (Lipinski definition) is 0. The fraction of sp³-hybridized carbons (Fsp3) is 0.733. The second kappa shape index (κ2) is 5.56. The summed E-state index contributed by atoms with van der Waals surface area (Å²) < 4.78 is 5.34. The van der Waals surface area contributed by atoms with Crippen molar-refractivity contribution in [3.05, 3.63) is 17.5 Å². The van der Waals surface area contributed by atoms with Crippen molar-refractivity contribution in [3.8, 4) is 0 Å². The van der Waals surface area contributed by atoms with Crippen molar-refractivity contribution in [1.29, 1.82) is 0 Å². The number of carbonyl (C=O) groups is 1. The first-order valence-corrected chi connectivity index (χ1v) is 7.58. The lowest BCUT2D eigenvalue weighted by molar-refractivity contribution is -0.130. The average Bonchev–Trinajstić information content (AvgIpc) is 3.09. The summed E-state index contributed by atoms with van der Waals surface area (Å²) in [6.45, 7) is 6.46. The molecule has 20 heavy (non-hydrogen) atoms. The summed E-state index contributed by atoms with van der Waals surface area (Å²) in [4.78, 5) is 16.3. The van der Waals surface area contributed by atoms with Crippen molar-refractivity contribution < 1.29 is 9.32 Å². The van der Waals surface area contributed by atoms with Gasteiger partial charge in [-0.2, -0.15) is 0 Å². The highest BCUT2D eigenvalue weighted by Crippen LogP contribution is 2.31. The van der Waals surface area contributed by atoms with Gasteiger partial charge in [0.1, 0.15) is 0 Å². The zero-order chi connectivity index (χ0) is 14.1. The third-order valence-electron chi connectivity index (χ3n) is 4.60. The summed E-state index contributed by atoms with van der Waals surface area (Å²) in [5.74, 6) is 1.15. The molecular formula is C15H23N3O2. The van der Waals surface area contributed by atoms with Crippen molar-refractivity contribution in [3.63, 3.8) is 0 Å². The molecule has 2 aliphatic heterocycles. The molecule has 2 aliphatic rings. The molecule has 0 N–H and O–H groups in total. The van der Waals surface area contributed by atoms with E-state index in [1.165, 1.54) is 12.8 Å². The number of aryl methyl sites for hydroxylation is 1. The lowest BCUT2D eigenvalue weighted by Gasteiger charge is -2.34. The lowest BCUT2D eigenvalue weighted by atomic mass is 10.0.